The lowest BCUT2D eigenvalue weighted by molar-refractivity contribution is 0.0702. The molecule has 15 heavy (non-hydrogen) atoms. The van der Waals surface area contributed by atoms with Crippen molar-refractivity contribution in [1.82, 2.24) is 15.0 Å². The Labute approximate surface area is 89.0 Å². The van der Waals surface area contributed by atoms with Gasteiger partial charge in [0.05, 0.1) is 12.7 Å². The Morgan fingerprint density at radius 2 is 2.47 bits per heavy atom. The topological polar surface area (TPSA) is 90.9 Å². The van der Waals surface area contributed by atoms with E-state index in [1.54, 1.807) is 12.4 Å². The summed E-state index contributed by atoms with van der Waals surface area (Å²) in [5.41, 5.74) is 0. The van der Waals surface area contributed by atoms with E-state index in [1.165, 1.54) is 6.20 Å². The smallest absolute Gasteiger partial charge is 0.347 e. The minimum Gasteiger partial charge on any atom is -0.477 e. The summed E-state index contributed by atoms with van der Waals surface area (Å²) in [6.45, 7) is 0.500. The molecule has 2 aromatic rings. The fraction of sp³-hybridized carbons (Fsp3) is 0.125. The van der Waals surface area contributed by atoms with Crippen molar-refractivity contribution in [2.45, 2.75) is 6.54 Å². The molecule has 78 valence electrons. The van der Waals surface area contributed by atoms with Crippen LogP contribution in [0, 0.1) is 0 Å². The average Bonchev–Trinajstić information content (AvgIpc) is 2.86. The van der Waals surface area contributed by atoms with Gasteiger partial charge in [0.25, 0.3) is 0 Å². The Morgan fingerprint density at radius 3 is 3.07 bits per heavy atom. The maximum Gasteiger partial charge on any atom is 0.347 e. The molecule has 0 spiro atoms. The van der Waals surface area contributed by atoms with Gasteiger partial charge >= 0.3 is 5.97 Å². The zero-order valence-electron chi connectivity index (χ0n) is 7.60. The molecule has 0 atom stereocenters. The number of thiazole rings is 1. The number of carbonyl (C=O) groups is 1. The first-order chi connectivity index (χ1) is 7.25. The van der Waals surface area contributed by atoms with Crippen molar-refractivity contribution < 1.29 is 9.90 Å². The van der Waals surface area contributed by atoms with Crippen LogP contribution in [-0.2, 0) is 6.54 Å². The van der Waals surface area contributed by atoms with E-state index in [2.05, 4.69) is 20.3 Å². The van der Waals surface area contributed by atoms with Gasteiger partial charge in [-0.2, -0.15) is 0 Å². The third-order valence-corrected chi connectivity index (χ3v) is 2.62. The van der Waals surface area contributed by atoms with E-state index < -0.39 is 5.97 Å². The summed E-state index contributed by atoms with van der Waals surface area (Å²) in [7, 11) is 0. The van der Waals surface area contributed by atoms with Crippen molar-refractivity contribution in [3.63, 3.8) is 0 Å². The van der Waals surface area contributed by atoms with Crippen molar-refractivity contribution in [3.8, 4) is 0 Å². The van der Waals surface area contributed by atoms with Crippen LogP contribution in [0.3, 0.4) is 0 Å². The van der Waals surface area contributed by atoms with E-state index in [4.69, 9.17) is 5.11 Å². The van der Waals surface area contributed by atoms with E-state index in [0.29, 0.717) is 11.7 Å². The molecule has 2 rings (SSSR count). The minimum atomic E-state index is -0.960. The number of hydrogen-bond acceptors (Lipinski definition) is 5. The normalized spacial score (nSPS) is 10.1. The van der Waals surface area contributed by atoms with Gasteiger partial charge in [0, 0.05) is 12.4 Å². The number of aromatic amines is 1. The van der Waals surface area contributed by atoms with Gasteiger partial charge in [-0.05, 0) is 0 Å². The average molecular weight is 224 g/mol. The van der Waals surface area contributed by atoms with Gasteiger partial charge in [-0.15, -0.1) is 0 Å². The Kier molecular flexibility index (Phi) is 2.64. The first-order valence-corrected chi connectivity index (χ1v) is 4.98. The summed E-state index contributed by atoms with van der Waals surface area (Å²) in [6, 6.07) is 0. The van der Waals surface area contributed by atoms with Gasteiger partial charge in [0.2, 0.25) is 0 Å². The molecular weight excluding hydrogens is 216 g/mol. The van der Waals surface area contributed by atoms with Gasteiger partial charge in [-0.25, -0.2) is 14.8 Å². The highest BCUT2D eigenvalue weighted by Crippen LogP contribution is 2.17. The molecule has 0 saturated carbocycles. The molecule has 2 heterocycles. The molecular formula is C8H8N4O2S. The van der Waals surface area contributed by atoms with Gasteiger partial charge < -0.3 is 15.4 Å². The van der Waals surface area contributed by atoms with Gasteiger partial charge in [0.15, 0.2) is 5.13 Å². The van der Waals surface area contributed by atoms with E-state index in [9.17, 15) is 4.79 Å². The van der Waals surface area contributed by atoms with Crippen LogP contribution in [0.25, 0.3) is 0 Å². The second kappa shape index (κ2) is 4.09. The zero-order valence-corrected chi connectivity index (χ0v) is 8.41. The monoisotopic (exact) mass is 224 g/mol. The molecule has 0 amide bonds. The summed E-state index contributed by atoms with van der Waals surface area (Å²) < 4.78 is 0. The number of H-pyrrole nitrogens is 1. The number of anilines is 1. The van der Waals surface area contributed by atoms with Crippen LogP contribution in [0.2, 0.25) is 0 Å². The SMILES string of the molecule is O=C(O)c1cnc(NCc2ncc[nH]2)s1. The Hall–Kier alpha value is -1.89. The molecule has 2 aromatic heterocycles. The van der Waals surface area contributed by atoms with Gasteiger partial charge in [-0.1, -0.05) is 11.3 Å². The lowest BCUT2D eigenvalue weighted by atomic mass is 10.6. The van der Waals surface area contributed by atoms with Crippen molar-refractivity contribution >= 4 is 22.4 Å². The number of aromatic carboxylic acids is 1. The summed E-state index contributed by atoms with van der Waals surface area (Å²) in [5.74, 6) is -0.180. The van der Waals surface area contributed by atoms with Crippen LogP contribution in [-0.4, -0.2) is 26.0 Å². The number of nitrogens with one attached hydrogen (secondary N) is 2. The lowest BCUT2D eigenvalue weighted by Gasteiger charge is -1.97. The molecule has 0 aliphatic heterocycles. The maximum absolute atomic E-state index is 10.6. The summed E-state index contributed by atoms with van der Waals surface area (Å²) >= 11 is 1.10. The zero-order chi connectivity index (χ0) is 10.7. The molecule has 3 N–H and O–H groups in total. The minimum absolute atomic E-state index is 0.219. The van der Waals surface area contributed by atoms with E-state index in [1.807, 2.05) is 0 Å². The van der Waals surface area contributed by atoms with E-state index >= 15 is 0 Å². The third kappa shape index (κ3) is 2.32. The number of rotatable bonds is 4. The highest BCUT2D eigenvalue weighted by Gasteiger charge is 2.07. The number of aromatic nitrogens is 3. The highest BCUT2D eigenvalue weighted by atomic mass is 32.1. The predicted octanol–water partition coefficient (Wildman–Crippen LogP) is 1.18. The summed E-state index contributed by atoms with van der Waals surface area (Å²) in [4.78, 5) is 21.7. The second-order valence-corrected chi connectivity index (χ2v) is 3.75. The van der Waals surface area contributed by atoms with Crippen LogP contribution in [0.5, 0.6) is 0 Å². The lowest BCUT2D eigenvalue weighted by Crippen LogP contribution is -2.00. The Balaban J connectivity index is 1.96. The standard InChI is InChI=1S/C8H8N4O2S/c13-7(14)5-3-11-8(15-5)12-4-6-9-1-2-10-6/h1-3H,4H2,(H,9,10)(H,11,12)(H,13,14). The van der Waals surface area contributed by atoms with Crippen molar-refractivity contribution in [2.75, 3.05) is 5.32 Å². The third-order valence-electron chi connectivity index (χ3n) is 1.68. The number of imidazole rings is 1. The maximum atomic E-state index is 10.6. The van der Waals surface area contributed by atoms with Crippen LogP contribution in [0.4, 0.5) is 5.13 Å². The van der Waals surface area contributed by atoms with E-state index in [0.717, 1.165) is 17.2 Å². The number of carboxylic acids is 1. The fourth-order valence-corrected chi connectivity index (χ4v) is 1.66. The molecule has 0 radical (unpaired) electrons. The number of hydrogen-bond donors (Lipinski definition) is 3. The Bertz CT molecular complexity index is 451. The molecule has 0 aromatic carbocycles. The molecule has 0 bridgehead atoms. The van der Waals surface area contributed by atoms with Gasteiger partial charge in [0.1, 0.15) is 10.7 Å². The molecule has 7 heteroatoms. The number of carboxylic acid groups (broad SMARTS) is 1. The van der Waals surface area contributed by atoms with Crippen LogP contribution in [0.1, 0.15) is 15.5 Å². The molecule has 0 aliphatic rings. The van der Waals surface area contributed by atoms with Crippen LogP contribution >= 0.6 is 11.3 Å². The largest absolute Gasteiger partial charge is 0.477 e. The second-order valence-electron chi connectivity index (χ2n) is 2.72. The van der Waals surface area contributed by atoms with Crippen molar-refractivity contribution in [3.05, 3.63) is 29.3 Å². The summed E-state index contributed by atoms with van der Waals surface area (Å²) in [5, 5.41) is 12.2. The molecule has 6 nitrogen and oxygen atoms in total. The molecule has 0 fully saturated rings. The van der Waals surface area contributed by atoms with Crippen LogP contribution in [0.15, 0.2) is 18.6 Å². The Morgan fingerprint density at radius 1 is 1.60 bits per heavy atom. The molecule has 0 aliphatic carbocycles. The predicted molar refractivity (Wildman–Crippen MR) is 55.0 cm³/mol. The quantitative estimate of drug-likeness (QED) is 0.725. The highest BCUT2D eigenvalue weighted by molar-refractivity contribution is 7.17. The first-order valence-electron chi connectivity index (χ1n) is 4.17. The number of nitrogens with zero attached hydrogens (tertiary/aromatic N) is 2. The summed E-state index contributed by atoms with van der Waals surface area (Å²) in [6.07, 6.45) is 4.71. The van der Waals surface area contributed by atoms with Crippen molar-refractivity contribution in [2.24, 2.45) is 0 Å². The molecule has 0 unspecified atom stereocenters. The molecule has 0 saturated heterocycles. The van der Waals surface area contributed by atoms with Crippen LogP contribution < -0.4 is 5.32 Å². The first kappa shape index (κ1) is 9.66. The van der Waals surface area contributed by atoms with Crippen molar-refractivity contribution in [1.29, 1.82) is 0 Å². The fourth-order valence-electron chi connectivity index (χ4n) is 1.01. The van der Waals surface area contributed by atoms with E-state index in [-0.39, 0.29) is 4.88 Å². The van der Waals surface area contributed by atoms with Gasteiger partial charge in [-0.3, -0.25) is 0 Å².